The monoisotopic (exact) mass is 393 g/mol. The minimum Gasteiger partial charge on any atom is -0.440 e. The summed E-state index contributed by atoms with van der Waals surface area (Å²) in [5.41, 5.74) is 6.61. The molecule has 0 spiro atoms. The van der Waals surface area contributed by atoms with Crippen molar-refractivity contribution in [2.75, 3.05) is 6.54 Å². The van der Waals surface area contributed by atoms with Crippen molar-refractivity contribution in [2.24, 2.45) is 5.73 Å². The number of carbonyl (C=O) groups is 1. The number of halogens is 1. The van der Waals surface area contributed by atoms with Crippen molar-refractivity contribution in [1.82, 2.24) is 10.3 Å². The highest BCUT2D eigenvalue weighted by Crippen LogP contribution is 2.30. The molecule has 1 heterocycles. The van der Waals surface area contributed by atoms with Gasteiger partial charge in [0.2, 0.25) is 11.8 Å². The van der Waals surface area contributed by atoms with Crippen LogP contribution in [-0.4, -0.2) is 28.2 Å². The topological polar surface area (TPSA) is 81.2 Å². The first-order chi connectivity index (χ1) is 12.5. The molecule has 1 unspecified atom stereocenters. The van der Waals surface area contributed by atoms with E-state index in [0.29, 0.717) is 29.0 Å². The molecule has 1 saturated carbocycles. The number of hydrogen-bond acceptors (Lipinski definition) is 5. The number of oxazole rings is 1. The first-order valence-electron chi connectivity index (χ1n) is 8.86. The Kier molecular flexibility index (Phi) is 6.27. The highest BCUT2D eigenvalue weighted by Gasteiger charge is 2.34. The zero-order chi connectivity index (χ0) is 18.6. The van der Waals surface area contributed by atoms with Gasteiger partial charge < -0.3 is 15.5 Å². The predicted molar refractivity (Wildman–Crippen MR) is 106 cm³/mol. The molecule has 1 amide bonds. The van der Waals surface area contributed by atoms with E-state index in [4.69, 9.17) is 21.8 Å². The number of nitrogens with zero attached hydrogens (tertiary/aromatic N) is 1. The van der Waals surface area contributed by atoms with Gasteiger partial charge in [0.15, 0.2) is 5.76 Å². The van der Waals surface area contributed by atoms with Crippen LogP contribution in [0.1, 0.15) is 38.5 Å². The number of thioether (sulfide) groups is 1. The van der Waals surface area contributed by atoms with Crippen LogP contribution in [0.15, 0.2) is 34.9 Å². The van der Waals surface area contributed by atoms with E-state index >= 15 is 0 Å². The van der Waals surface area contributed by atoms with Gasteiger partial charge in [-0.25, -0.2) is 4.98 Å². The molecule has 1 aromatic carbocycles. The van der Waals surface area contributed by atoms with Gasteiger partial charge in [-0.05, 0) is 44.0 Å². The summed E-state index contributed by atoms with van der Waals surface area (Å²) >= 11 is 7.42. The molecule has 1 aromatic heterocycles. The Morgan fingerprint density at radius 1 is 1.38 bits per heavy atom. The van der Waals surface area contributed by atoms with Crippen LogP contribution in [0.4, 0.5) is 0 Å². The molecule has 26 heavy (non-hydrogen) atoms. The molecule has 1 atom stereocenters. The second-order valence-electron chi connectivity index (χ2n) is 6.76. The lowest BCUT2D eigenvalue weighted by molar-refractivity contribution is -0.122. The van der Waals surface area contributed by atoms with E-state index in [1.165, 1.54) is 11.8 Å². The van der Waals surface area contributed by atoms with Crippen LogP contribution < -0.4 is 11.1 Å². The number of benzene rings is 1. The molecule has 1 fully saturated rings. The molecule has 0 aliphatic heterocycles. The van der Waals surface area contributed by atoms with Crippen molar-refractivity contribution in [2.45, 2.75) is 49.1 Å². The average Bonchev–Trinajstić information content (AvgIpc) is 3.30. The van der Waals surface area contributed by atoms with Gasteiger partial charge in [-0.15, -0.1) is 11.8 Å². The Morgan fingerprint density at radius 2 is 2.08 bits per heavy atom. The maximum Gasteiger partial charge on any atom is 0.233 e. The van der Waals surface area contributed by atoms with Gasteiger partial charge in [0.25, 0.3) is 0 Å². The van der Waals surface area contributed by atoms with E-state index in [2.05, 4.69) is 10.3 Å². The van der Waals surface area contributed by atoms with Crippen LogP contribution in [0.25, 0.3) is 11.3 Å². The summed E-state index contributed by atoms with van der Waals surface area (Å²) in [7, 11) is 0. The number of carbonyl (C=O) groups excluding carboxylic acids is 1. The number of nitrogens with one attached hydrogen (secondary N) is 1. The van der Waals surface area contributed by atoms with Gasteiger partial charge in [0, 0.05) is 17.1 Å². The Bertz CT molecular complexity index is 741. The van der Waals surface area contributed by atoms with Gasteiger partial charge in [0.1, 0.15) is 0 Å². The van der Waals surface area contributed by atoms with Crippen molar-refractivity contribution < 1.29 is 9.21 Å². The number of aromatic nitrogens is 1. The molecule has 3 N–H and O–H groups in total. The lowest BCUT2D eigenvalue weighted by Gasteiger charge is -2.30. The molecule has 1 aliphatic rings. The van der Waals surface area contributed by atoms with Gasteiger partial charge in [-0.3, -0.25) is 4.79 Å². The number of rotatable bonds is 7. The van der Waals surface area contributed by atoms with Crippen molar-refractivity contribution in [3.8, 4) is 11.3 Å². The predicted octanol–water partition coefficient (Wildman–Crippen LogP) is 4.00. The van der Waals surface area contributed by atoms with E-state index in [-0.39, 0.29) is 16.7 Å². The SMILES string of the molecule is CC(SCc1ncc(-c2ccc(Cl)cc2)o1)C(=O)NC1(CN)CCCC1. The average molecular weight is 394 g/mol. The summed E-state index contributed by atoms with van der Waals surface area (Å²) in [4.78, 5) is 16.8. The van der Waals surface area contributed by atoms with Gasteiger partial charge in [-0.2, -0.15) is 0 Å². The molecule has 7 heteroatoms. The molecule has 0 saturated heterocycles. The number of hydrogen-bond donors (Lipinski definition) is 2. The molecule has 2 aromatic rings. The Balaban J connectivity index is 1.53. The molecule has 0 radical (unpaired) electrons. The van der Waals surface area contributed by atoms with Crippen LogP contribution in [0.5, 0.6) is 0 Å². The third kappa shape index (κ3) is 4.61. The lowest BCUT2D eigenvalue weighted by Crippen LogP contribution is -2.53. The molecular weight excluding hydrogens is 370 g/mol. The molecule has 140 valence electrons. The van der Waals surface area contributed by atoms with Gasteiger partial charge in [-0.1, -0.05) is 24.4 Å². The zero-order valence-electron chi connectivity index (χ0n) is 14.8. The number of amides is 1. The summed E-state index contributed by atoms with van der Waals surface area (Å²) < 4.78 is 5.79. The van der Waals surface area contributed by atoms with Crippen LogP contribution in [0.2, 0.25) is 5.02 Å². The largest absolute Gasteiger partial charge is 0.440 e. The summed E-state index contributed by atoms with van der Waals surface area (Å²) in [6.07, 6.45) is 5.89. The van der Waals surface area contributed by atoms with Gasteiger partial charge in [0.05, 0.1) is 22.7 Å². The first kappa shape index (κ1) is 19.3. The quantitative estimate of drug-likeness (QED) is 0.742. The fourth-order valence-electron chi connectivity index (χ4n) is 3.19. The minimum absolute atomic E-state index is 0.0341. The van der Waals surface area contributed by atoms with Crippen LogP contribution >= 0.6 is 23.4 Å². The van der Waals surface area contributed by atoms with Crippen LogP contribution in [0, 0.1) is 0 Å². The molecule has 3 rings (SSSR count). The standard InChI is InChI=1S/C19H24ClN3O2S/c1-13(18(24)23-19(12-21)8-2-3-9-19)26-11-17-22-10-16(25-17)14-4-6-15(20)7-5-14/h4-7,10,13H,2-3,8-9,11-12,21H2,1H3,(H,23,24). The highest BCUT2D eigenvalue weighted by molar-refractivity contribution is 7.99. The summed E-state index contributed by atoms with van der Waals surface area (Å²) in [5, 5.41) is 3.66. The summed E-state index contributed by atoms with van der Waals surface area (Å²) in [6.45, 7) is 2.41. The van der Waals surface area contributed by atoms with Crippen molar-refractivity contribution in [3.63, 3.8) is 0 Å². The maximum atomic E-state index is 12.5. The van der Waals surface area contributed by atoms with E-state index in [1.807, 2.05) is 31.2 Å². The number of nitrogens with two attached hydrogens (primary N) is 1. The minimum atomic E-state index is -0.212. The van der Waals surface area contributed by atoms with Crippen molar-refractivity contribution in [3.05, 3.63) is 41.4 Å². The Morgan fingerprint density at radius 3 is 2.73 bits per heavy atom. The summed E-state index contributed by atoms with van der Waals surface area (Å²) in [5.74, 6) is 1.88. The van der Waals surface area contributed by atoms with E-state index in [0.717, 1.165) is 31.2 Å². The second-order valence-corrected chi connectivity index (χ2v) is 8.52. The fraction of sp³-hybridized carbons (Fsp3) is 0.474. The van der Waals surface area contributed by atoms with E-state index in [1.54, 1.807) is 6.20 Å². The third-order valence-corrected chi connectivity index (χ3v) is 6.23. The normalized spacial score (nSPS) is 17.2. The Labute approximate surface area is 163 Å². The fourth-order valence-corrected chi connectivity index (χ4v) is 4.05. The zero-order valence-corrected chi connectivity index (χ0v) is 16.4. The van der Waals surface area contributed by atoms with E-state index < -0.39 is 0 Å². The highest BCUT2D eigenvalue weighted by atomic mass is 35.5. The molecule has 0 bridgehead atoms. The molecule has 5 nitrogen and oxygen atoms in total. The molecule has 1 aliphatic carbocycles. The summed E-state index contributed by atoms with van der Waals surface area (Å²) in [6, 6.07) is 7.42. The molecular formula is C19H24ClN3O2S. The van der Waals surface area contributed by atoms with Crippen LogP contribution in [-0.2, 0) is 10.5 Å². The Hall–Kier alpha value is -1.50. The van der Waals surface area contributed by atoms with Crippen molar-refractivity contribution >= 4 is 29.3 Å². The van der Waals surface area contributed by atoms with Crippen LogP contribution in [0.3, 0.4) is 0 Å². The first-order valence-corrected chi connectivity index (χ1v) is 10.3. The second kappa shape index (κ2) is 8.46. The smallest absolute Gasteiger partial charge is 0.233 e. The van der Waals surface area contributed by atoms with Gasteiger partial charge >= 0.3 is 0 Å². The van der Waals surface area contributed by atoms with Crippen molar-refractivity contribution in [1.29, 1.82) is 0 Å². The van der Waals surface area contributed by atoms with E-state index in [9.17, 15) is 4.79 Å². The maximum absolute atomic E-state index is 12.5. The lowest BCUT2D eigenvalue weighted by atomic mass is 9.98. The third-order valence-electron chi connectivity index (χ3n) is 4.85.